The molecule has 2 aliphatic rings. The molecule has 4 N–H and O–H groups in total. The molecule has 1 saturated heterocycles. The van der Waals surface area contributed by atoms with Gasteiger partial charge in [-0.2, -0.15) is 0 Å². The maximum atomic E-state index is 13.0. The van der Waals surface area contributed by atoms with Crippen molar-refractivity contribution in [2.45, 2.75) is 37.8 Å². The van der Waals surface area contributed by atoms with E-state index in [-0.39, 0.29) is 35.4 Å². The lowest BCUT2D eigenvalue weighted by atomic mass is 10.0. The minimum Gasteiger partial charge on any atom is -0.477 e. The van der Waals surface area contributed by atoms with Crippen LogP contribution in [0, 0.1) is 0 Å². The van der Waals surface area contributed by atoms with Crippen molar-refractivity contribution in [1.29, 1.82) is 0 Å². The van der Waals surface area contributed by atoms with Crippen molar-refractivity contribution in [2.24, 2.45) is 5.16 Å². The fourth-order valence-corrected chi connectivity index (χ4v) is 4.92. The average molecular weight is 541 g/mol. The van der Waals surface area contributed by atoms with Crippen LogP contribution >= 0.6 is 23.1 Å². The van der Waals surface area contributed by atoms with Crippen molar-refractivity contribution < 1.29 is 38.7 Å². The van der Waals surface area contributed by atoms with E-state index in [4.69, 9.17) is 9.57 Å². The maximum Gasteiger partial charge on any atom is 0.407 e. The van der Waals surface area contributed by atoms with Crippen molar-refractivity contribution in [2.75, 3.05) is 24.2 Å². The number of alkyl carbamates (subject to hydrolysis) is 1. The van der Waals surface area contributed by atoms with Gasteiger partial charge in [0.2, 0.25) is 6.41 Å². The van der Waals surface area contributed by atoms with Gasteiger partial charge in [0.05, 0.1) is 6.54 Å². The number of oxime groups is 1. The first-order valence-electron chi connectivity index (χ1n) is 10.5. The van der Waals surface area contributed by atoms with Gasteiger partial charge in [0.1, 0.15) is 35.0 Å². The number of aromatic nitrogens is 1. The first kappa shape index (κ1) is 26.9. The fraction of sp³-hybridized carbons (Fsp3) is 0.450. The number of thioether (sulfide) groups is 1. The molecule has 16 heteroatoms. The molecule has 4 amide bonds. The molecule has 36 heavy (non-hydrogen) atoms. The zero-order chi connectivity index (χ0) is 26.5. The van der Waals surface area contributed by atoms with E-state index < -0.39 is 40.9 Å². The SMILES string of the molecule is CC(C)(C)OC(=O)NCCON=C(C(=O)NC1C(=O)N2C(C(=O)O)=CCS[C@H]12)c1csc(NC=O)n1. The molecule has 0 aromatic carbocycles. The number of carbonyl (C=O) groups is 5. The second-order valence-electron chi connectivity index (χ2n) is 8.28. The van der Waals surface area contributed by atoms with Crippen LogP contribution in [-0.2, 0) is 28.8 Å². The Kier molecular flexibility index (Phi) is 8.52. The quantitative estimate of drug-likeness (QED) is 0.106. The van der Waals surface area contributed by atoms with Crippen molar-refractivity contribution in [3.05, 3.63) is 22.8 Å². The van der Waals surface area contributed by atoms with Crippen molar-refractivity contribution in [3.8, 4) is 0 Å². The number of rotatable bonds is 10. The molecule has 2 atom stereocenters. The Morgan fingerprint density at radius 1 is 1.36 bits per heavy atom. The van der Waals surface area contributed by atoms with Crippen LogP contribution in [0.5, 0.6) is 0 Å². The van der Waals surface area contributed by atoms with Crippen LogP contribution in [0.25, 0.3) is 0 Å². The largest absolute Gasteiger partial charge is 0.477 e. The number of β-lactam (4-membered cyclic amide) rings is 1. The van der Waals surface area contributed by atoms with E-state index in [2.05, 4.69) is 26.1 Å². The van der Waals surface area contributed by atoms with Gasteiger partial charge in [-0.25, -0.2) is 14.6 Å². The maximum absolute atomic E-state index is 13.0. The number of carboxylic acid groups (broad SMARTS) is 1. The molecule has 3 heterocycles. The molecule has 0 spiro atoms. The molecule has 0 radical (unpaired) electrons. The highest BCUT2D eigenvalue weighted by molar-refractivity contribution is 8.00. The van der Waals surface area contributed by atoms with E-state index in [1.54, 1.807) is 20.8 Å². The van der Waals surface area contributed by atoms with Gasteiger partial charge in [-0.05, 0) is 26.8 Å². The minimum absolute atomic E-state index is 0.0292. The number of fused-ring (bicyclic) bond motifs is 1. The summed E-state index contributed by atoms with van der Waals surface area (Å²) in [6.45, 7) is 5.08. The second kappa shape index (κ2) is 11.4. The van der Waals surface area contributed by atoms with Gasteiger partial charge in [-0.15, -0.1) is 23.1 Å². The Labute approximate surface area is 213 Å². The Morgan fingerprint density at radius 3 is 2.78 bits per heavy atom. The number of thiazole rings is 1. The number of carboxylic acids is 1. The number of anilines is 1. The number of ether oxygens (including phenoxy) is 1. The van der Waals surface area contributed by atoms with E-state index in [1.165, 1.54) is 23.2 Å². The summed E-state index contributed by atoms with van der Waals surface area (Å²) in [6, 6.07) is -0.976. The summed E-state index contributed by atoms with van der Waals surface area (Å²) < 4.78 is 5.11. The predicted octanol–water partition coefficient (Wildman–Crippen LogP) is 0.325. The third kappa shape index (κ3) is 6.51. The average Bonchev–Trinajstić information content (AvgIpc) is 3.26. The summed E-state index contributed by atoms with van der Waals surface area (Å²) in [5.41, 5.74) is -0.997. The number of hydrogen-bond acceptors (Lipinski definition) is 11. The Bertz CT molecular complexity index is 1110. The van der Waals surface area contributed by atoms with Crippen LogP contribution in [0.1, 0.15) is 26.5 Å². The molecule has 2 aliphatic heterocycles. The first-order chi connectivity index (χ1) is 17.0. The Hall–Kier alpha value is -3.66. The number of nitrogens with one attached hydrogen (secondary N) is 3. The molecule has 0 saturated carbocycles. The van der Waals surface area contributed by atoms with E-state index in [1.807, 2.05) is 0 Å². The van der Waals surface area contributed by atoms with Crippen LogP contribution in [0.2, 0.25) is 0 Å². The molecule has 3 rings (SSSR count). The van der Waals surface area contributed by atoms with Crippen LogP contribution in [0.15, 0.2) is 22.3 Å². The second-order valence-corrected chi connectivity index (χ2v) is 10.3. The molecular weight excluding hydrogens is 516 g/mol. The predicted molar refractivity (Wildman–Crippen MR) is 129 cm³/mol. The number of nitrogens with zero attached hydrogens (tertiary/aromatic N) is 3. The van der Waals surface area contributed by atoms with E-state index >= 15 is 0 Å². The van der Waals surface area contributed by atoms with Gasteiger partial charge in [-0.1, -0.05) is 5.16 Å². The zero-order valence-electron chi connectivity index (χ0n) is 19.5. The monoisotopic (exact) mass is 540 g/mol. The minimum atomic E-state index is -1.23. The van der Waals surface area contributed by atoms with E-state index in [0.29, 0.717) is 12.2 Å². The number of carbonyl (C=O) groups excluding carboxylic acids is 4. The van der Waals surface area contributed by atoms with E-state index in [9.17, 15) is 29.1 Å². The standard InChI is InChI=1S/C20H24N6O8S2/c1-20(2,3)34-19(32)21-5-6-33-25-12(10-8-36-18(23-10)22-9-27)14(28)24-13-15(29)26-11(17(30)31)4-7-35-16(13)26/h4,8-9,13,16H,5-7H2,1-3H3,(H,21,32)(H,24,28)(H,30,31)(H,22,23,27)/t13?,16-/m1/s1. The first-order valence-corrected chi connectivity index (χ1v) is 12.5. The van der Waals surface area contributed by atoms with Gasteiger partial charge in [0.25, 0.3) is 11.8 Å². The third-order valence-electron chi connectivity index (χ3n) is 4.51. The van der Waals surface area contributed by atoms with Gasteiger partial charge in [0.15, 0.2) is 10.8 Å². The van der Waals surface area contributed by atoms with Crippen molar-refractivity contribution in [3.63, 3.8) is 0 Å². The third-order valence-corrected chi connectivity index (χ3v) is 6.47. The molecule has 0 bridgehead atoms. The van der Waals surface area contributed by atoms with Gasteiger partial charge < -0.3 is 30.6 Å². The highest BCUT2D eigenvalue weighted by Crippen LogP contribution is 2.37. The number of amides is 4. The molecule has 1 aromatic heterocycles. The van der Waals surface area contributed by atoms with Crippen LogP contribution in [0.3, 0.4) is 0 Å². The van der Waals surface area contributed by atoms with E-state index in [0.717, 1.165) is 16.2 Å². The summed E-state index contributed by atoms with van der Waals surface area (Å²) in [6.07, 6.45) is 1.21. The van der Waals surface area contributed by atoms with Crippen molar-refractivity contribution in [1.82, 2.24) is 20.5 Å². The van der Waals surface area contributed by atoms with Gasteiger partial charge in [0, 0.05) is 11.1 Å². The topological polar surface area (TPSA) is 189 Å². The number of hydrogen-bond donors (Lipinski definition) is 4. The van der Waals surface area contributed by atoms with Crippen molar-refractivity contribution >= 4 is 64.2 Å². The highest BCUT2D eigenvalue weighted by Gasteiger charge is 2.53. The summed E-state index contributed by atoms with van der Waals surface area (Å²) in [4.78, 5) is 69.8. The molecule has 194 valence electrons. The van der Waals surface area contributed by atoms with Crippen LogP contribution in [0.4, 0.5) is 9.93 Å². The van der Waals surface area contributed by atoms with Gasteiger partial charge >= 0.3 is 12.1 Å². The summed E-state index contributed by atoms with van der Waals surface area (Å²) in [5, 5.41) is 21.6. The molecular formula is C20H24N6O8S2. The Morgan fingerprint density at radius 2 is 2.11 bits per heavy atom. The normalized spacial score (nSPS) is 19.3. The summed E-state index contributed by atoms with van der Waals surface area (Å²) in [5.74, 6) is -2.23. The fourth-order valence-electron chi connectivity index (χ4n) is 3.07. The smallest absolute Gasteiger partial charge is 0.407 e. The lowest BCUT2D eigenvalue weighted by molar-refractivity contribution is -0.150. The van der Waals surface area contributed by atoms with Gasteiger partial charge in [-0.3, -0.25) is 19.3 Å². The molecule has 1 fully saturated rings. The summed E-state index contributed by atoms with van der Waals surface area (Å²) in [7, 11) is 0. The molecule has 1 unspecified atom stereocenters. The lowest BCUT2D eigenvalue weighted by Crippen LogP contribution is -2.70. The summed E-state index contributed by atoms with van der Waals surface area (Å²) >= 11 is 2.34. The molecule has 0 aliphatic carbocycles. The Balaban J connectivity index is 1.66. The zero-order valence-corrected chi connectivity index (χ0v) is 21.1. The molecule has 1 aromatic rings. The number of aliphatic carboxylic acids is 1. The van der Waals surface area contributed by atoms with Crippen LogP contribution < -0.4 is 16.0 Å². The lowest BCUT2D eigenvalue weighted by Gasteiger charge is -2.48. The van der Waals surface area contributed by atoms with Crippen LogP contribution in [-0.4, -0.2) is 86.9 Å². The molecule has 14 nitrogen and oxygen atoms in total. The highest BCUT2D eigenvalue weighted by atomic mass is 32.2.